The second kappa shape index (κ2) is 6.88. The summed E-state index contributed by atoms with van der Waals surface area (Å²) in [5, 5.41) is 0.671. The number of benzene rings is 1. The van der Waals surface area contributed by atoms with Crippen LogP contribution >= 0.6 is 11.3 Å². The molecule has 0 aliphatic carbocycles. The smallest absolute Gasteiger partial charge is 0.265 e. The van der Waals surface area contributed by atoms with E-state index in [0.29, 0.717) is 23.0 Å². The normalized spacial score (nSPS) is 9.70. The van der Waals surface area contributed by atoms with E-state index in [9.17, 15) is 4.79 Å². The Balaban J connectivity index is 2.14. The molecule has 2 aromatic rings. The predicted octanol–water partition coefficient (Wildman–Crippen LogP) is 3.02. The zero-order valence-electron chi connectivity index (χ0n) is 11.6. The van der Waals surface area contributed by atoms with Crippen molar-refractivity contribution in [1.82, 2.24) is 9.88 Å². The molecule has 0 aliphatic rings. The van der Waals surface area contributed by atoms with Gasteiger partial charge in [0.2, 0.25) is 0 Å². The van der Waals surface area contributed by atoms with Gasteiger partial charge in [0.15, 0.2) is 5.01 Å². The number of rotatable bonds is 3. The highest BCUT2D eigenvalue weighted by Crippen LogP contribution is 2.14. The summed E-state index contributed by atoms with van der Waals surface area (Å²) in [6.07, 6.45) is 1.61. The van der Waals surface area contributed by atoms with Crippen LogP contribution in [-0.4, -0.2) is 28.9 Å². The van der Waals surface area contributed by atoms with Crippen molar-refractivity contribution >= 4 is 17.2 Å². The van der Waals surface area contributed by atoms with Crippen molar-refractivity contribution in [1.29, 1.82) is 0 Å². The van der Waals surface area contributed by atoms with Crippen LogP contribution in [0.25, 0.3) is 0 Å². The Labute approximate surface area is 123 Å². The molecule has 102 valence electrons. The number of nitrogens with zero attached hydrogens (tertiary/aromatic N) is 2. The van der Waals surface area contributed by atoms with E-state index in [-0.39, 0.29) is 5.91 Å². The zero-order valence-corrected chi connectivity index (χ0v) is 12.4. The van der Waals surface area contributed by atoms with E-state index in [4.69, 9.17) is 0 Å². The average Bonchev–Trinajstić information content (AvgIpc) is 2.96. The van der Waals surface area contributed by atoms with Crippen molar-refractivity contribution in [2.24, 2.45) is 0 Å². The molecule has 0 saturated carbocycles. The quantitative estimate of drug-likeness (QED) is 0.812. The molecule has 20 heavy (non-hydrogen) atoms. The van der Waals surface area contributed by atoms with Gasteiger partial charge in [-0.15, -0.1) is 11.3 Å². The lowest BCUT2D eigenvalue weighted by atomic mass is 10.2. The molecule has 0 unspecified atom stereocenters. The maximum atomic E-state index is 12.1. The average molecular weight is 284 g/mol. The van der Waals surface area contributed by atoms with Crippen LogP contribution in [0.4, 0.5) is 0 Å². The van der Waals surface area contributed by atoms with Crippen LogP contribution in [0.2, 0.25) is 0 Å². The zero-order chi connectivity index (χ0) is 14.4. The molecular formula is C16H16N2OS. The van der Waals surface area contributed by atoms with Gasteiger partial charge < -0.3 is 4.90 Å². The molecule has 3 nitrogen and oxygen atoms in total. The van der Waals surface area contributed by atoms with Crippen molar-refractivity contribution in [2.45, 2.75) is 13.8 Å². The molecule has 1 aromatic heterocycles. The Hall–Kier alpha value is -2.12. The van der Waals surface area contributed by atoms with Crippen LogP contribution in [0.5, 0.6) is 0 Å². The van der Waals surface area contributed by atoms with E-state index in [1.807, 2.05) is 44.2 Å². The first-order valence-electron chi connectivity index (χ1n) is 6.56. The third-order valence-corrected chi connectivity index (χ3v) is 3.76. The highest BCUT2D eigenvalue weighted by atomic mass is 32.1. The summed E-state index contributed by atoms with van der Waals surface area (Å²) in [4.78, 5) is 18.8. The number of carbonyl (C=O) groups excluding carboxylic acids is 1. The molecule has 2 rings (SSSR count). The van der Waals surface area contributed by atoms with Crippen LogP contribution in [0.15, 0.2) is 36.5 Å². The van der Waals surface area contributed by atoms with E-state index >= 15 is 0 Å². The number of hydrogen-bond donors (Lipinski definition) is 0. The minimum atomic E-state index is 0.0280. The minimum absolute atomic E-state index is 0.0280. The van der Waals surface area contributed by atoms with E-state index < -0.39 is 0 Å². The van der Waals surface area contributed by atoms with Gasteiger partial charge in [-0.25, -0.2) is 4.98 Å². The van der Waals surface area contributed by atoms with Crippen molar-refractivity contribution in [3.63, 3.8) is 0 Å². The van der Waals surface area contributed by atoms with Gasteiger partial charge in [-0.1, -0.05) is 24.1 Å². The van der Waals surface area contributed by atoms with Gasteiger partial charge in [0.05, 0.1) is 6.20 Å². The summed E-state index contributed by atoms with van der Waals surface area (Å²) in [6, 6.07) is 9.74. The van der Waals surface area contributed by atoms with Crippen molar-refractivity contribution in [3.8, 4) is 11.8 Å². The van der Waals surface area contributed by atoms with Crippen molar-refractivity contribution < 1.29 is 4.79 Å². The second-order valence-corrected chi connectivity index (χ2v) is 5.15. The second-order valence-electron chi connectivity index (χ2n) is 4.12. The predicted molar refractivity (Wildman–Crippen MR) is 81.8 cm³/mol. The van der Waals surface area contributed by atoms with Crippen molar-refractivity contribution in [2.75, 3.05) is 13.1 Å². The molecule has 1 amide bonds. The first-order valence-corrected chi connectivity index (χ1v) is 7.38. The molecule has 1 heterocycles. The van der Waals surface area contributed by atoms with Crippen LogP contribution in [0.3, 0.4) is 0 Å². The molecule has 0 atom stereocenters. The van der Waals surface area contributed by atoms with E-state index in [1.54, 1.807) is 11.1 Å². The lowest BCUT2D eigenvalue weighted by molar-refractivity contribution is 0.0777. The highest BCUT2D eigenvalue weighted by Gasteiger charge is 2.15. The highest BCUT2D eigenvalue weighted by molar-refractivity contribution is 7.14. The molecule has 0 fully saturated rings. The van der Waals surface area contributed by atoms with Crippen LogP contribution in [0, 0.1) is 11.8 Å². The van der Waals surface area contributed by atoms with E-state index in [1.165, 1.54) is 11.3 Å². The summed E-state index contributed by atoms with van der Waals surface area (Å²) in [5.41, 5.74) is 0.944. The molecular weight excluding hydrogens is 268 g/mol. The molecule has 1 aromatic carbocycles. The van der Waals surface area contributed by atoms with Gasteiger partial charge in [-0.2, -0.15) is 0 Å². The first kappa shape index (κ1) is 14.3. The summed E-state index contributed by atoms with van der Waals surface area (Å²) in [6.45, 7) is 5.35. The van der Waals surface area contributed by atoms with Gasteiger partial charge in [0, 0.05) is 18.7 Å². The molecule has 0 aliphatic heterocycles. The molecule has 4 heteroatoms. The molecule has 0 radical (unpaired) electrons. The third kappa shape index (κ3) is 3.46. The van der Waals surface area contributed by atoms with Crippen LogP contribution in [0.1, 0.15) is 34.1 Å². The Morgan fingerprint density at radius 1 is 1.20 bits per heavy atom. The van der Waals surface area contributed by atoms with Crippen LogP contribution in [-0.2, 0) is 0 Å². The largest absolute Gasteiger partial charge is 0.338 e. The van der Waals surface area contributed by atoms with E-state index in [2.05, 4.69) is 16.8 Å². The summed E-state index contributed by atoms with van der Waals surface area (Å²) in [7, 11) is 0. The van der Waals surface area contributed by atoms with Gasteiger partial charge in [0.25, 0.3) is 5.91 Å². The standard InChI is InChI=1S/C16H16N2OS/c1-3-18(4-2)16(19)14-12-17-15(20-14)11-10-13-8-6-5-7-9-13/h5-9,12H,3-4H2,1-2H3. The molecule has 0 saturated heterocycles. The van der Waals surface area contributed by atoms with Gasteiger partial charge in [-0.05, 0) is 31.9 Å². The Morgan fingerprint density at radius 3 is 2.55 bits per heavy atom. The maximum Gasteiger partial charge on any atom is 0.265 e. The third-order valence-electron chi connectivity index (χ3n) is 2.85. The fourth-order valence-corrected chi connectivity index (χ4v) is 2.48. The lowest BCUT2D eigenvalue weighted by Crippen LogP contribution is -2.29. The summed E-state index contributed by atoms with van der Waals surface area (Å²) >= 11 is 1.34. The number of aromatic nitrogens is 1. The molecule has 0 bridgehead atoms. The Kier molecular flexibility index (Phi) is 4.91. The minimum Gasteiger partial charge on any atom is -0.338 e. The summed E-state index contributed by atoms with van der Waals surface area (Å²) in [5.74, 6) is 6.07. The number of hydrogen-bond acceptors (Lipinski definition) is 3. The van der Waals surface area contributed by atoms with Gasteiger partial charge >= 0.3 is 0 Å². The fraction of sp³-hybridized carbons (Fsp3) is 0.250. The number of thiazole rings is 1. The van der Waals surface area contributed by atoms with Gasteiger partial charge in [-0.3, -0.25) is 4.79 Å². The molecule has 0 N–H and O–H groups in total. The Bertz CT molecular complexity index is 633. The monoisotopic (exact) mass is 284 g/mol. The first-order chi connectivity index (χ1) is 9.74. The summed E-state index contributed by atoms with van der Waals surface area (Å²) < 4.78 is 0. The van der Waals surface area contributed by atoms with E-state index in [0.717, 1.165) is 5.56 Å². The fourth-order valence-electron chi connectivity index (χ4n) is 1.74. The number of amides is 1. The van der Waals surface area contributed by atoms with Crippen molar-refractivity contribution in [3.05, 3.63) is 52.0 Å². The number of carbonyl (C=O) groups is 1. The Morgan fingerprint density at radius 2 is 1.90 bits per heavy atom. The topological polar surface area (TPSA) is 33.2 Å². The lowest BCUT2D eigenvalue weighted by Gasteiger charge is -2.16. The van der Waals surface area contributed by atoms with Gasteiger partial charge in [0.1, 0.15) is 4.88 Å². The molecule has 0 spiro atoms. The maximum absolute atomic E-state index is 12.1. The SMILES string of the molecule is CCN(CC)C(=O)c1cnc(C#Cc2ccccc2)s1. The van der Waals surface area contributed by atoms with Crippen LogP contribution < -0.4 is 0 Å².